The van der Waals surface area contributed by atoms with Gasteiger partial charge < -0.3 is 4.42 Å². The van der Waals surface area contributed by atoms with Gasteiger partial charge in [-0.1, -0.05) is 36.7 Å². The van der Waals surface area contributed by atoms with Gasteiger partial charge in [-0.15, -0.1) is 11.8 Å². The van der Waals surface area contributed by atoms with Crippen molar-refractivity contribution in [3.8, 4) is 0 Å². The summed E-state index contributed by atoms with van der Waals surface area (Å²) in [5.74, 6) is 0.819. The SMILES string of the molecule is CCSc1ccc2nc(C(=O)/C=C/c3ccc(Cl)cc3)oc2c1. The molecule has 0 aliphatic rings. The Balaban J connectivity index is 1.81. The fraction of sp³-hybridized carbons (Fsp3) is 0.111. The average molecular weight is 344 g/mol. The van der Waals surface area contributed by atoms with Crippen LogP contribution in [0.25, 0.3) is 17.2 Å². The Labute approximate surface area is 143 Å². The number of hydrogen-bond donors (Lipinski definition) is 0. The lowest BCUT2D eigenvalue weighted by atomic mass is 10.2. The Hall–Kier alpha value is -2.04. The van der Waals surface area contributed by atoms with Crippen LogP contribution in [0.2, 0.25) is 5.02 Å². The van der Waals surface area contributed by atoms with Crippen LogP contribution in [-0.2, 0) is 0 Å². The highest BCUT2D eigenvalue weighted by Gasteiger charge is 2.12. The van der Waals surface area contributed by atoms with Gasteiger partial charge in [-0.3, -0.25) is 4.79 Å². The molecule has 0 saturated heterocycles. The third-order valence-corrected chi connectivity index (χ3v) is 4.31. The number of ketones is 1. The summed E-state index contributed by atoms with van der Waals surface area (Å²) in [6.07, 6.45) is 3.17. The Kier molecular flexibility index (Phi) is 4.84. The van der Waals surface area contributed by atoms with Crippen molar-refractivity contribution in [3.63, 3.8) is 0 Å². The first-order valence-corrected chi connectivity index (χ1v) is 8.53. The Morgan fingerprint density at radius 3 is 2.78 bits per heavy atom. The Morgan fingerprint density at radius 1 is 1.26 bits per heavy atom. The molecule has 116 valence electrons. The van der Waals surface area contributed by atoms with Gasteiger partial charge >= 0.3 is 0 Å². The summed E-state index contributed by atoms with van der Waals surface area (Å²) < 4.78 is 5.58. The molecule has 0 aliphatic heterocycles. The van der Waals surface area contributed by atoms with Crippen LogP contribution >= 0.6 is 23.4 Å². The van der Waals surface area contributed by atoms with Gasteiger partial charge in [0.2, 0.25) is 5.78 Å². The number of allylic oxidation sites excluding steroid dienone is 1. The zero-order valence-corrected chi connectivity index (χ0v) is 14.0. The first-order chi connectivity index (χ1) is 11.2. The van der Waals surface area contributed by atoms with E-state index in [-0.39, 0.29) is 11.7 Å². The van der Waals surface area contributed by atoms with E-state index in [1.54, 1.807) is 30.0 Å². The van der Waals surface area contributed by atoms with Crippen LogP contribution in [0.3, 0.4) is 0 Å². The van der Waals surface area contributed by atoms with Crippen molar-refractivity contribution in [1.82, 2.24) is 4.98 Å². The molecule has 5 heteroatoms. The summed E-state index contributed by atoms with van der Waals surface area (Å²) in [7, 11) is 0. The highest BCUT2D eigenvalue weighted by molar-refractivity contribution is 7.99. The zero-order valence-electron chi connectivity index (χ0n) is 12.5. The second-order valence-electron chi connectivity index (χ2n) is 4.83. The number of aromatic nitrogens is 1. The highest BCUT2D eigenvalue weighted by Crippen LogP contribution is 2.24. The molecule has 0 aliphatic carbocycles. The first kappa shape index (κ1) is 15.8. The molecule has 0 amide bonds. The van der Waals surface area contributed by atoms with Crippen LogP contribution in [0.4, 0.5) is 0 Å². The van der Waals surface area contributed by atoms with E-state index < -0.39 is 0 Å². The van der Waals surface area contributed by atoms with E-state index in [4.69, 9.17) is 16.0 Å². The lowest BCUT2D eigenvalue weighted by Gasteiger charge is -1.95. The molecule has 3 nitrogen and oxygen atoms in total. The fourth-order valence-electron chi connectivity index (χ4n) is 2.08. The van der Waals surface area contributed by atoms with E-state index in [2.05, 4.69) is 11.9 Å². The van der Waals surface area contributed by atoms with E-state index in [0.29, 0.717) is 16.1 Å². The maximum Gasteiger partial charge on any atom is 0.268 e. The van der Waals surface area contributed by atoms with Crippen molar-refractivity contribution >= 4 is 46.3 Å². The Morgan fingerprint density at radius 2 is 2.04 bits per heavy atom. The molecule has 3 rings (SSSR count). The molecule has 0 unspecified atom stereocenters. The maximum atomic E-state index is 12.2. The molecule has 0 radical (unpaired) electrons. The normalized spacial score (nSPS) is 11.4. The predicted octanol–water partition coefficient (Wildman–Crippen LogP) is 5.49. The molecule has 0 N–H and O–H groups in total. The van der Waals surface area contributed by atoms with Crippen molar-refractivity contribution in [2.45, 2.75) is 11.8 Å². The number of hydrogen-bond acceptors (Lipinski definition) is 4. The highest BCUT2D eigenvalue weighted by atomic mass is 35.5. The van der Waals surface area contributed by atoms with Crippen LogP contribution in [0.1, 0.15) is 23.2 Å². The molecule has 0 spiro atoms. The zero-order chi connectivity index (χ0) is 16.2. The largest absolute Gasteiger partial charge is 0.433 e. The van der Waals surface area contributed by atoms with Gasteiger partial charge in [0.05, 0.1) is 0 Å². The number of halogens is 1. The third kappa shape index (κ3) is 3.84. The van der Waals surface area contributed by atoms with Crippen LogP contribution < -0.4 is 0 Å². The minimum atomic E-state index is -0.263. The summed E-state index contributed by atoms with van der Waals surface area (Å²) >= 11 is 7.55. The molecule has 3 aromatic rings. The molecule has 23 heavy (non-hydrogen) atoms. The average Bonchev–Trinajstić information content (AvgIpc) is 2.98. The quantitative estimate of drug-likeness (QED) is 0.349. The lowest BCUT2D eigenvalue weighted by Crippen LogP contribution is -1.93. The van der Waals surface area contributed by atoms with E-state index in [1.165, 1.54) is 6.08 Å². The van der Waals surface area contributed by atoms with E-state index in [1.807, 2.05) is 30.3 Å². The summed E-state index contributed by atoms with van der Waals surface area (Å²) in [5.41, 5.74) is 2.21. The van der Waals surface area contributed by atoms with E-state index in [0.717, 1.165) is 16.2 Å². The van der Waals surface area contributed by atoms with E-state index >= 15 is 0 Å². The topological polar surface area (TPSA) is 43.1 Å². The van der Waals surface area contributed by atoms with Gasteiger partial charge in [-0.25, -0.2) is 4.98 Å². The minimum absolute atomic E-state index is 0.101. The monoisotopic (exact) mass is 343 g/mol. The number of benzene rings is 2. The van der Waals surface area contributed by atoms with Crippen LogP contribution in [0, 0.1) is 0 Å². The Bertz CT molecular complexity index is 868. The molecule has 0 fully saturated rings. The van der Waals surface area contributed by atoms with Crippen molar-refractivity contribution in [2.24, 2.45) is 0 Å². The van der Waals surface area contributed by atoms with Gasteiger partial charge in [0.1, 0.15) is 5.52 Å². The van der Waals surface area contributed by atoms with Gasteiger partial charge in [-0.2, -0.15) is 0 Å². The number of thioether (sulfide) groups is 1. The van der Waals surface area contributed by atoms with Crippen LogP contribution in [0.15, 0.2) is 57.9 Å². The second-order valence-corrected chi connectivity index (χ2v) is 6.60. The molecule has 0 bridgehead atoms. The number of oxazole rings is 1. The third-order valence-electron chi connectivity index (χ3n) is 3.18. The second kappa shape index (κ2) is 7.02. The molecule has 2 aromatic carbocycles. The molecular weight excluding hydrogens is 330 g/mol. The van der Waals surface area contributed by atoms with Crippen molar-refractivity contribution in [2.75, 3.05) is 5.75 Å². The first-order valence-electron chi connectivity index (χ1n) is 7.17. The number of nitrogens with zero attached hydrogens (tertiary/aromatic N) is 1. The summed E-state index contributed by atoms with van der Waals surface area (Å²) in [6.45, 7) is 2.09. The van der Waals surface area contributed by atoms with Crippen LogP contribution in [-0.4, -0.2) is 16.5 Å². The van der Waals surface area contributed by atoms with Crippen molar-refractivity contribution in [1.29, 1.82) is 0 Å². The molecule has 1 aromatic heterocycles. The van der Waals surface area contributed by atoms with Gasteiger partial charge in [0, 0.05) is 9.92 Å². The van der Waals surface area contributed by atoms with Crippen LogP contribution in [0.5, 0.6) is 0 Å². The van der Waals surface area contributed by atoms with Gasteiger partial charge in [0.25, 0.3) is 5.89 Å². The van der Waals surface area contributed by atoms with Crippen molar-refractivity contribution in [3.05, 3.63) is 65.0 Å². The summed E-state index contributed by atoms with van der Waals surface area (Å²) in [4.78, 5) is 17.5. The maximum absolute atomic E-state index is 12.2. The molecule has 1 heterocycles. The predicted molar refractivity (Wildman–Crippen MR) is 95.2 cm³/mol. The molecule has 0 atom stereocenters. The lowest BCUT2D eigenvalue weighted by molar-refractivity contribution is 0.101. The summed E-state index contributed by atoms with van der Waals surface area (Å²) in [5, 5.41) is 0.660. The van der Waals surface area contributed by atoms with Gasteiger partial charge in [0.15, 0.2) is 5.58 Å². The number of carbonyl (C=O) groups excluding carboxylic acids is 1. The number of rotatable bonds is 5. The summed E-state index contributed by atoms with van der Waals surface area (Å²) in [6, 6.07) is 13.0. The fourth-order valence-corrected chi connectivity index (χ4v) is 2.90. The molecular formula is C18H14ClNO2S. The minimum Gasteiger partial charge on any atom is -0.433 e. The standard InChI is InChI=1S/C18H14ClNO2S/c1-2-23-14-8-9-15-17(11-14)22-18(20-15)16(21)10-5-12-3-6-13(19)7-4-12/h3-11H,2H2,1H3/b10-5+. The van der Waals surface area contributed by atoms with E-state index in [9.17, 15) is 4.79 Å². The van der Waals surface area contributed by atoms with Gasteiger partial charge in [-0.05, 0) is 47.7 Å². The number of carbonyl (C=O) groups is 1. The number of fused-ring (bicyclic) bond motifs is 1. The van der Waals surface area contributed by atoms with Crippen molar-refractivity contribution < 1.29 is 9.21 Å². The molecule has 0 saturated carbocycles. The smallest absolute Gasteiger partial charge is 0.268 e.